The van der Waals surface area contributed by atoms with Crippen LogP contribution in [0.1, 0.15) is 26.5 Å². The summed E-state index contributed by atoms with van der Waals surface area (Å²) >= 11 is 1.62. The lowest BCUT2D eigenvalue weighted by Gasteiger charge is -2.30. The van der Waals surface area contributed by atoms with E-state index in [1.54, 1.807) is 11.9 Å². The molecule has 2 aromatic heterocycles. The van der Waals surface area contributed by atoms with Crippen molar-refractivity contribution in [2.75, 3.05) is 64.0 Å². The number of hydrogen-bond donors (Lipinski definition) is 10. The number of aromatic nitrogens is 4. The first kappa shape index (κ1) is 44.5. The number of hydrogen-bond acceptors (Lipinski definition) is 19. The van der Waals surface area contributed by atoms with Crippen LogP contribution in [0.4, 0.5) is 5.82 Å². The Bertz CT molecular complexity index is 1750. The van der Waals surface area contributed by atoms with Gasteiger partial charge >= 0.3 is 23.5 Å². The van der Waals surface area contributed by atoms with Gasteiger partial charge < -0.3 is 56.2 Å². The minimum absolute atomic E-state index is 0.0346. The molecule has 2 aromatic rings. The topological polar surface area (TPSA) is 362 Å². The molecule has 4 rings (SSSR count). The van der Waals surface area contributed by atoms with E-state index in [4.69, 9.17) is 19.5 Å². The summed E-state index contributed by atoms with van der Waals surface area (Å²) in [5, 5.41) is 29.8. The number of aliphatic hydroxyl groups is 2. The van der Waals surface area contributed by atoms with Gasteiger partial charge in [0, 0.05) is 56.9 Å². The van der Waals surface area contributed by atoms with Crippen LogP contribution in [0, 0.1) is 5.41 Å². The van der Waals surface area contributed by atoms with Crippen LogP contribution in [0.2, 0.25) is 0 Å². The zero-order valence-corrected chi connectivity index (χ0v) is 32.4. The first-order valence-corrected chi connectivity index (χ1v) is 21.6. The Morgan fingerprint density at radius 2 is 1.78 bits per heavy atom. The van der Waals surface area contributed by atoms with Crippen molar-refractivity contribution in [1.82, 2.24) is 39.8 Å². The van der Waals surface area contributed by atoms with Gasteiger partial charge in [-0.1, -0.05) is 25.8 Å². The standard InChI is InChI=1S/C25H44N9O16P3S/c1-25(2,20(37)23(38)29-4-3-16(35)28-7-10-54-33-8-5-27-6-9-33)12-47-53(44,45)50-52(42,43)46-11-15-19(49-51(39,40)41)18(36)24(48-15)34-14-32-17-21(26)30-13-31-22(17)34/h13-15,18-20,24,27,36-37H,3-12H2,1-2H3,(H,28,35)(H,29,38)(H,42,43)(H,44,45)(H2,26,30,31)(H2,39,40,41)/t15-,18-,19-,20+,24-/m1/s1. The van der Waals surface area contributed by atoms with E-state index < -0.39 is 78.6 Å². The first-order chi connectivity index (χ1) is 25.2. The van der Waals surface area contributed by atoms with E-state index in [0.29, 0.717) is 12.3 Å². The molecule has 2 aliphatic rings. The van der Waals surface area contributed by atoms with Crippen LogP contribution in [0.15, 0.2) is 12.7 Å². The molecule has 2 fully saturated rings. The highest BCUT2D eigenvalue weighted by Crippen LogP contribution is 2.61. The van der Waals surface area contributed by atoms with Gasteiger partial charge in [-0.05, 0) is 0 Å². The first-order valence-electron chi connectivity index (χ1n) is 16.2. The van der Waals surface area contributed by atoms with E-state index in [2.05, 4.69) is 44.0 Å². The molecule has 2 aliphatic heterocycles. The number of nitrogens with zero attached hydrogens (tertiary/aromatic N) is 5. The Kier molecular flexibility index (Phi) is 15.5. The molecular formula is C25H44N9O16P3S. The predicted molar refractivity (Wildman–Crippen MR) is 187 cm³/mol. The minimum atomic E-state index is -5.55. The van der Waals surface area contributed by atoms with Crippen LogP contribution in [0.25, 0.3) is 11.2 Å². The number of amides is 2. The zero-order valence-electron chi connectivity index (χ0n) is 28.9. The third-order valence-electron chi connectivity index (χ3n) is 7.85. The average Bonchev–Trinajstić information content (AvgIpc) is 3.65. The summed E-state index contributed by atoms with van der Waals surface area (Å²) in [6.07, 6.45) is -6.72. The van der Waals surface area contributed by atoms with Crippen LogP contribution in [0.5, 0.6) is 0 Å². The van der Waals surface area contributed by atoms with Crippen molar-refractivity contribution in [2.45, 2.75) is 50.9 Å². The van der Waals surface area contributed by atoms with E-state index in [-0.39, 0.29) is 35.9 Å². The molecule has 2 amide bonds. The van der Waals surface area contributed by atoms with Crippen molar-refractivity contribution >= 4 is 64.2 Å². The van der Waals surface area contributed by atoms with Crippen molar-refractivity contribution < 1.29 is 75.7 Å². The Labute approximate surface area is 312 Å². The highest BCUT2D eigenvalue weighted by Gasteiger charge is 2.50. The molecular weight excluding hydrogens is 807 g/mol. The van der Waals surface area contributed by atoms with Gasteiger partial charge in [0.05, 0.1) is 19.5 Å². The smallest absolute Gasteiger partial charge is 0.386 e. The Morgan fingerprint density at radius 1 is 1.09 bits per heavy atom. The highest BCUT2D eigenvalue weighted by molar-refractivity contribution is 7.97. The lowest BCUT2D eigenvalue weighted by Crippen LogP contribution is -2.46. The summed E-state index contributed by atoms with van der Waals surface area (Å²) in [4.78, 5) is 75.6. The van der Waals surface area contributed by atoms with Crippen molar-refractivity contribution in [3.05, 3.63) is 12.7 Å². The van der Waals surface area contributed by atoms with Gasteiger partial charge in [0.2, 0.25) is 11.8 Å². The third kappa shape index (κ3) is 12.9. The summed E-state index contributed by atoms with van der Waals surface area (Å²) < 4.78 is 64.3. The second-order valence-electron chi connectivity index (χ2n) is 12.6. The van der Waals surface area contributed by atoms with Gasteiger partial charge in [-0.2, -0.15) is 4.31 Å². The number of anilines is 1. The van der Waals surface area contributed by atoms with Crippen molar-refractivity contribution in [3.63, 3.8) is 0 Å². The molecule has 0 spiro atoms. The molecule has 7 atom stereocenters. The van der Waals surface area contributed by atoms with E-state index in [0.717, 1.165) is 43.4 Å². The number of phosphoric ester groups is 3. The molecule has 0 saturated carbocycles. The highest BCUT2D eigenvalue weighted by atomic mass is 32.2. The second-order valence-corrected chi connectivity index (χ2v) is 18.0. The SMILES string of the molecule is CC(C)(COP(=O)(O)OP(=O)(O)OC[C@H]1O[C@@H](n2cnc3c(N)ncnc32)[C@H](O)[C@@H]1OP(=O)(O)O)[C@@H](O)C(=O)NCCC(=O)NCCSN1CCNCC1. The maximum atomic E-state index is 12.7. The summed E-state index contributed by atoms with van der Waals surface area (Å²) in [5.74, 6) is -0.616. The van der Waals surface area contributed by atoms with E-state index in [1.807, 2.05) is 0 Å². The Hall–Kier alpha value is -2.19. The molecule has 54 heavy (non-hydrogen) atoms. The molecule has 25 nitrogen and oxygen atoms in total. The fraction of sp³-hybridized carbons (Fsp3) is 0.720. The number of nitrogens with two attached hydrogens (primary N) is 1. The van der Waals surface area contributed by atoms with Gasteiger partial charge in [0.1, 0.15) is 36.3 Å². The number of carbonyl (C=O) groups is 2. The van der Waals surface area contributed by atoms with Crippen LogP contribution in [-0.2, 0) is 45.9 Å². The third-order valence-corrected chi connectivity index (χ3v) is 12.1. The van der Waals surface area contributed by atoms with Gasteiger partial charge in [0.25, 0.3) is 0 Å². The molecule has 2 unspecified atom stereocenters. The van der Waals surface area contributed by atoms with Crippen LogP contribution in [0.3, 0.4) is 0 Å². The summed E-state index contributed by atoms with van der Waals surface area (Å²) in [5.41, 5.74) is 4.32. The fourth-order valence-corrected chi connectivity index (χ4v) is 8.80. The normalized spacial score (nSPS) is 24.1. The number of phosphoric acid groups is 3. The number of piperazine rings is 1. The molecule has 11 N–H and O–H groups in total. The van der Waals surface area contributed by atoms with Crippen molar-refractivity contribution in [2.24, 2.45) is 5.41 Å². The van der Waals surface area contributed by atoms with Gasteiger partial charge in [0.15, 0.2) is 17.7 Å². The summed E-state index contributed by atoms with van der Waals surface area (Å²) in [7, 11) is -16.3. The molecule has 0 radical (unpaired) electrons. The van der Waals surface area contributed by atoms with Crippen molar-refractivity contribution in [1.29, 1.82) is 0 Å². The zero-order chi connectivity index (χ0) is 39.9. The maximum Gasteiger partial charge on any atom is 0.481 e. The van der Waals surface area contributed by atoms with Gasteiger partial charge in [-0.3, -0.25) is 27.7 Å². The lowest BCUT2D eigenvalue weighted by atomic mass is 9.87. The van der Waals surface area contributed by atoms with Crippen molar-refractivity contribution in [3.8, 4) is 0 Å². The average molecular weight is 852 g/mol. The monoisotopic (exact) mass is 851 g/mol. The van der Waals surface area contributed by atoms with Crippen LogP contribution in [-0.4, -0.2) is 148 Å². The molecule has 0 aliphatic carbocycles. The Balaban J connectivity index is 1.24. The number of aliphatic hydroxyl groups excluding tert-OH is 2. The van der Waals surface area contributed by atoms with Gasteiger partial charge in [-0.25, -0.2) is 33.0 Å². The number of ether oxygens (including phenoxy) is 1. The number of nitrogens with one attached hydrogen (secondary N) is 3. The second kappa shape index (κ2) is 18.8. The summed E-state index contributed by atoms with van der Waals surface area (Å²) in [6.45, 7) is 4.48. The minimum Gasteiger partial charge on any atom is -0.386 e. The lowest BCUT2D eigenvalue weighted by molar-refractivity contribution is -0.137. The quantitative estimate of drug-likeness (QED) is 0.0390. The van der Waals surface area contributed by atoms with E-state index in [1.165, 1.54) is 13.8 Å². The number of carbonyl (C=O) groups excluding carboxylic acids is 2. The van der Waals surface area contributed by atoms with E-state index >= 15 is 0 Å². The molecule has 306 valence electrons. The molecule has 0 aromatic carbocycles. The number of nitrogen functional groups attached to an aromatic ring is 1. The van der Waals surface area contributed by atoms with Crippen LogP contribution < -0.4 is 21.7 Å². The number of rotatable bonds is 20. The predicted octanol–water partition coefficient (Wildman–Crippen LogP) is -2.04. The van der Waals surface area contributed by atoms with Crippen LogP contribution >= 0.6 is 35.4 Å². The molecule has 2 saturated heterocycles. The van der Waals surface area contributed by atoms with E-state index in [9.17, 15) is 53.1 Å². The maximum absolute atomic E-state index is 12.7. The molecule has 4 heterocycles. The largest absolute Gasteiger partial charge is 0.481 e. The summed E-state index contributed by atoms with van der Waals surface area (Å²) in [6, 6.07) is 0. The number of fused-ring (bicyclic) bond motifs is 1. The number of imidazole rings is 1. The molecule has 29 heteroatoms. The molecule has 0 bridgehead atoms. The fourth-order valence-electron chi connectivity index (χ4n) is 5.08. The Morgan fingerprint density at radius 3 is 2.46 bits per heavy atom. The van der Waals surface area contributed by atoms with Gasteiger partial charge in [-0.15, -0.1) is 0 Å².